The number of fused-ring (bicyclic) bond motifs is 1. The SMILES string of the molecule is O=CO[C@@H]1CC[C@H]2CCCC[C@@H]2C1. The van der Waals surface area contributed by atoms with Gasteiger partial charge in [-0.2, -0.15) is 0 Å². The highest BCUT2D eigenvalue weighted by atomic mass is 16.5. The Bertz CT molecular complexity index is 179. The lowest BCUT2D eigenvalue weighted by Gasteiger charge is -2.38. The van der Waals surface area contributed by atoms with Crippen molar-refractivity contribution in [1.29, 1.82) is 0 Å². The van der Waals surface area contributed by atoms with E-state index in [4.69, 9.17) is 4.74 Å². The van der Waals surface area contributed by atoms with E-state index in [-0.39, 0.29) is 6.10 Å². The normalized spacial score (nSPS) is 39.2. The Morgan fingerprint density at radius 3 is 2.54 bits per heavy atom. The Kier molecular flexibility index (Phi) is 2.87. The maximum atomic E-state index is 10.2. The zero-order chi connectivity index (χ0) is 9.10. The van der Waals surface area contributed by atoms with Crippen molar-refractivity contribution in [1.82, 2.24) is 0 Å². The van der Waals surface area contributed by atoms with Crippen molar-refractivity contribution < 1.29 is 9.53 Å². The molecule has 0 aromatic heterocycles. The van der Waals surface area contributed by atoms with Crippen molar-refractivity contribution in [2.75, 3.05) is 0 Å². The first-order valence-corrected chi connectivity index (χ1v) is 5.49. The third kappa shape index (κ3) is 2.04. The van der Waals surface area contributed by atoms with Crippen molar-refractivity contribution in [2.45, 2.75) is 51.0 Å². The Morgan fingerprint density at radius 2 is 1.77 bits per heavy atom. The van der Waals surface area contributed by atoms with Gasteiger partial charge >= 0.3 is 0 Å². The molecule has 0 aromatic carbocycles. The van der Waals surface area contributed by atoms with Gasteiger partial charge in [-0.15, -0.1) is 0 Å². The second-order valence-electron chi connectivity index (χ2n) is 4.47. The number of ether oxygens (including phenoxy) is 1. The van der Waals surface area contributed by atoms with Crippen LogP contribution in [0.2, 0.25) is 0 Å². The third-order valence-electron chi connectivity index (χ3n) is 3.74. The topological polar surface area (TPSA) is 26.3 Å². The van der Waals surface area contributed by atoms with Gasteiger partial charge in [0, 0.05) is 0 Å². The summed E-state index contributed by atoms with van der Waals surface area (Å²) in [5.74, 6) is 1.80. The molecule has 0 spiro atoms. The molecule has 2 rings (SSSR count). The van der Waals surface area contributed by atoms with E-state index in [1.165, 1.54) is 32.1 Å². The van der Waals surface area contributed by atoms with Crippen LogP contribution in [0.4, 0.5) is 0 Å². The summed E-state index contributed by atoms with van der Waals surface area (Å²) in [6.45, 7) is 0.619. The van der Waals surface area contributed by atoms with Gasteiger partial charge in [-0.3, -0.25) is 4.79 Å². The monoisotopic (exact) mass is 182 g/mol. The molecule has 2 heteroatoms. The summed E-state index contributed by atoms with van der Waals surface area (Å²) >= 11 is 0. The fourth-order valence-electron chi connectivity index (χ4n) is 3.03. The number of rotatable bonds is 2. The summed E-state index contributed by atoms with van der Waals surface area (Å²) in [6, 6.07) is 0. The van der Waals surface area contributed by atoms with Crippen molar-refractivity contribution in [3.63, 3.8) is 0 Å². The molecule has 0 bridgehead atoms. The fourth-order valence-corrected chi connectivity index (χ4v) is 3.03. The van der Waals surface area contributed by atoms with Crippen molar-refractivity contribution in [2.24, 2.45) is 11.8 Å². The predicted molar refractivity (Wildman–Crippen MR) is 50.2 cm³/mol. The predicted octanol–water partition coefficient (Wildman–Crippen LogP) is 2.52. The lowest BCUT2D eigenvalue weighted by Crippen LogP contribution is -2.31. The molecular formula is C11H18O2. The molecule has 0 N–H and O–H groups in total. The van der Waals surface area contributed by atoms with E-state index in [1.807, 2.05) is 0 Å². The van der Waals surface area contributed by atoms with Gasteiger partial charge in [0.25, 0.3) is 6.47 Å². The molecule has 74 valence electrons. The van der Waals surface area contributed by atoms with E-state index in [9.17, 15) is 4.79 Å². The molecule has 2 saturated carbocycles. The summed E-state index contributed by atoms with van der Waals surface area (Å²) in [6.07, 6.45) is 9.32. The van der Waals surface area contributed by atoms with Crippen LogP contribution in [-0.4, -0.2) is 12.6 Å². The van der Waals surface area contributed by atoms with Crippen LogP contribution in [0, 0.1) is 11.8 Å². The molecule has 0 aromatic rings. The van der Waals surface area contributed by atoms with Gasteiger partial charge in [-0.25, -0.2) is 0 Å². The van der Waals surface area contributed by atoms with Crippen LogP contribution >= 0.6 is 0 Å². The molecule has 2 nitrogen and oxygen atoms in total. The number of carbonyl (C=O) groups excluding carboxylic acids is 1. The standard InChI is InChI=1S/C11H18O2/c12-8-13-11-6-5-9-3-1-2-4-10(9)7-11/h8-11H,1-7H2/t9-,10-,11-/m1/s1. The molecule has 0 aliphatic heterocycles. The average Bonchev–Trinajstić information content (AvgIpc) is 2.18. The molecule has 0 radical (unpaired) electrons. The minimum absolute atomic E-state index is 0.233. The third-order valence-corrected chi connectivity index (χ3v) is 3.74. The molecular weight excluding hydrogens is 164 g/mol. The van der Waals surface area contributed by atoms with Crippen LogP contribution in [0.25, 0.3) is 0 Å². The Balaban J connectivity index is 1.87. The quantitative estimate of drug-likeness (QED) is 0.613. The van der Waals surface area contributed by atoms with Gasteiger partial charge in [-0.1, -0.05) is 25.7 Å². The average molecular weight is 182 g/mol. The smallest absolute Gasteiger partial charge is 0.293 e. The van der Waals surface area contributed by atoms with E-state index >= 15 is 0 Å². The number of hydrogen-bond acceptors (Lipinski definition) is 2. The fraction of sp³-hybridized carbons (Fsp3) is 0.909. The van der Waals surface area contributed by atoms with Crippen molar-refractivity contribution >= 4 is 6.47 Å². The van der Waals surface area contributed by atoms with Crippen LogP contribution in [0.5, 0.6) is 0 Å². The summed E-state index contributed by atoms with van der Waals surface area (Å²) < 4.78 is 5.05. The largest absolute Gasteiger partial charge is 0.465 e. The van der Waals surface area contributed by atoms with E-state index < -0.39 is 0 Å². The van der Waals surface area contributed by atoms with Gasteiger partial charge < -0.3 is 4.74 Å². The van der Waals surface area contributed by atoms with Gasteiger partial charge in [0.2, 0.25) is 0 Å². The van der Waals surface area contributed by atoms with E-state index in [0.29, 0.717) is 6.47 Å². The first-order valence-electron chi connectivity index (χ1n) is 5.49. The molecule has 0 unspecified atom stereocenters. The highest BCUT2D eigenvalue weighted by Crippen LogP contribution is 2.40. The second-order valence-corrected chi connectivity index (χ2v) is 4.47. The highest BCUT2D eigenvalue weighted by Gasteiger charge is 2.32. The summed E-state index contributed by atoms with van der Waals surface area (Å²) in [7, 11) is 0. The van der Waals surface area contributed by atoms with Crippen LogP contribution in [0.15, 0.2) is 0 Å². The summed E-state index contributed by atoms with van der Waals surface area (Å²) in [5.41, 5.74) is 0. The lowest BCUT2D eigenvalue weighted by atomic mass is 9.70. The molecule has 2 aliphatic rings. The molecule has 0 heterocycles. The van der Waals surface area contributed by atoms with Gasteiger partial charge in [-0.05, 0) is 31.1 Å². The van der Waals surface area contributed by atoms with Crippen LogP contribution < -0.4 is 0 Å². The minimum atomic E-state index is 0.233. The zero-order valence-corrected chi connectivity index (χ0v) is 8.08. The first-order chi connectivity index (χ1) is 6.40. The maximum absolute atomic E-state index is 10.2. The van der Waals surface area contributed by atoms with Gasteiger partial charge in [0.1, 0.15) is 6.10 Å². The Labute approximate surface area is 79.7 Å². The van der Waals surface area contributed by atoms with Crippen LogP contribution in [-0.2, 0) is 9.53 Å². The number of hydrogen-bond donors (Lipinski definition) is 0. The van der Waals surface area contributed by atoms with Crippen LogP contribution in [0.1, 0.15) is 44.9 Å². The highest BCUT2D eigenvalue weighted by molar-refractivity contribution is 5.37. The van der Waals surface area contributed by atoms with Gasteiger partial charge in [0.15, 0.2) is 0 Å². The number of carbonyl (C=O) groups is 1. The summed E-state index contributed by atoms with van der Waals surface area (Å²) in [4.78, 5) is 10.2. The molecule has 2 aliphatic carbocycles. The Morgan fingerprint density at radius 1 is 1.00 bits per heavy atom. The molecule has 0 saturated heterocycles. The molecule has 3 atom stereocenters. The molecule has 13 heavy (non-hydrogen) atoms. The Hall–Kier alpha value is -0.530. The van der Waals surface area contributed by atoms with E-state index in [1.54, 1.807) is 0 Å². The van der Waals surface area contributed by atoms with E-state index in [0.717, 1.165) is 24.7 Å². The molecule has 0 amide bonds. The van der Waals surface area contributed by atoms with E-state index in [2.05, 4.69) is 0 Å². The van der Waals surface area contributed by atoms with Gasteiger partial charge in [0.05, 0.1) is 0 Å². The first kappa shape index (κ1) is 9.04. The molecule has 2 fully saturated rings. The second kappa shape index (κ2) is 4.12. The maximum Gasteiger partial charge on any atom is 0.293 e. The lowest BCUT2D eigenvalue weighted by molar-refractivity contribution is -0.136. The van der Waals surface area contributed by atoms with Crippen LogP contribution in [0.3, 0.4) is 0 Å². The van der Waals surface area contributed by atoms with Crippen molar-refractivity contribution in [3.8, 4) is 0 Å². The summed E-state index contributed by atoms with van der Waals surface area (Å²) in [5, 5.41) is 0. The minimum Gasteiger partial charge on any atom is -0.465 e. The van der Waals surface area contributed by atoms with Crippen molar-refractivity contribution in [3.05, 3.63) is 0 Å². The zero-order valence-electron chi connectivity index (χ0n) is 8.08.